The molecule has 0 unspecified atom stereocenters. The first kappa shape index (κ1) is 19.5. The average Bonchev–Trinajstić information content (AvgIpc) is 2.98. The van der Waals surface area contributed by atoms with Gasteiger partial charge in [0.05, 0.1) is 21.7 Å². The molecular formula is C20H22N2O3S2. The second-order valence-corrected chi connectivity index (χ2v) is 9.48. The minimum Gasteiger partial charge on any atom is -0.317 e. The van der Waals surface area contributed by atoms with E-state index in [-0.39, 0.29) is 30.3 Å². The summed E-state index contributed by atoms with van der Waals surface area (Å²) in [6, 6.07) is 17.0. The quantitative estimate of drug-likeness (QED) is 0.607. The first-order valence-corrected chi connectivity index (χ1v) is 11.5. The Labute approximate surface area is 162 Å². The maximum Gasteiger partial charge on any atom is 0.248 e. The number of para-hydroxylation sites is 1. The number of hydrogen-bond acceptors (Lipinski definition) is 4. The standard InChI is InChI=1S/C20H22N2O3S2/c1-2-22-17-11-6-7-12-18(17)26-20(22)21-19(23)13-8-14-27(24,25)15-16-9-4-3-5-10-16/h3-7,9-12H,2,8,13-15H2,1H3. The minimum atomic E-state index is -3.23. The van der Waals surface area contributed by atoms with Gasteiger partial charge < -0.3 is 4.57 Å². The van der Waals surface area contributed by atoms with Gasteiger partial charge in [-0.05, 0) is 31.0 Å². The minimum absolute atomic E-state index is 0.00528. The third-order valence-corrected chi connectivity index (χ3v) is 6.94. The van der Waals surface area contributed by atoms with Crippen LogP contribution in [0.3, 0.4) is 0 Å². The van der Waals surface area contributed by atoms with Crippen LogP contribution in [-0.2, 0) is 26.9 Å². The van der Waals surface area contributed by atoms with Crippen molar-refractivity contribution >= 4 is 37.3 Å². The number of benzene rings is 2. The van der Waals surface area contributed by atoms with Gasteiger partial charge in [-0.15, -0.1) is 0 Å². The van der Waals surface area contributed by atoms with Gasteiger partial charge in [0.2, 0.25) is 5.91 Å². The summed E-state index contributed by atoms with van der Waals surface area (Å²) in [6.45, 7) is 2.74. The molecule has 1 amide bonds. The lowest BCUT2D eigenvalue weighted by Gasteiger charge is -2.03. The second kappa shape index (κ2) is 8.63. The van der Waals surface area contributed by atoms with Crippen LogP contribution < -0.4 is 4.80 Å². The Morgan fingerprint density at radius 2 is 1.78 bits per heavy atom. The van der Waals surface area contributed by atoms with E-state index in [4.69, 9.17) is 0 Å². The summed E-state index contributed by atoms with van der Waals surface area (Å²) in [4.78, 5) is 17.1. The number of carbonyl (C=O) groups excluding carboxylic acids is 1. The SMILES string of the molecule is CCn1c(=NC(=O)CCCS(=O)(=O)Cc2ccccc2)sc2ccccc21. The normalized spacial score (nSPS) is 12.6. The molecule has 0 aliphatic heterocycles. The molecule has 0 bridgehead atoms. The molecule has 0 radical (unpaired) electrons. The third-order valence-electron chi connectivity index (χ3n) is 4.20. The van der Waals surface area contributed by atoms with Crippen LogP contribution in [0, 0.1) is 0 Å². The molecule has 1 heterocycles. The Bertz CT molecular complexity index is 1100. The maximum atomic E-state index is 12.2. The van der Waals surface area contributed by atoms with Crippen molar-refractivity contribution in [2.45, 2.75) is 32.1 Å². The fourth-order valence-electron chi connectivity index (χ4n) is 2.92. The van der Waals surface area contributed by atoms with Crippen molar-refractivity contribution in [2.75, 3.05) is 5.75 Å². The molecule has 0 aliphatic rings. The monoisotopic (exact) mass is 402 g/mol. The first-order chi connectivity index (χ1) is 13.0. The van der Waals surface area contributed by atoms with Crippen LogP contribution >= 0.6 is 11.3 Å². The van der Waals surface area contributed by atoms with Gasteiger partial charge in [-0.3, -0.25) is 4.79 Å². The van der Waals surface area contributed by atoms with Crippen LogP contribution in [0.4, 0.5) is 0 Å². The number of rotatable bonds is 7. The van der Waals surface area contributed by atoms with Crippen molar-refractivity contribution in [3.8, 4) is 0 Å². The van der Waals surface area contributed by atoms with Crippen LogP contribution in [-0.4, -0.2) is 24.6 Å². The van der Waals surface area contributed by atoms with E-state index in [9.17, 15) is 13.2 Å². The molecule has 0 aliphatic carbocycles. The van der Waals surface area contributed by atoms with E-state index in [2.05, 4.69) is 4.99 Å². The highest BCUT2D eigenvalue weighted by Gasteiger charge is 2.13. The number of aryl methyl sites for hydroxylation is 1. The van der Waals surface area contributed by atoms with Crippen LogP contribution in [0.2, 0.25) is 0 Å². The van der Waals surface area contributed by atoms with E-state index in [0.717, 1.165) is 22.3 Å². The first-order valence-electron chi connectivity index (χ1n) is 8.89. The molecule has 5 nitrogen and oxygen atoms in total. The van der Waals surface area contributed by atoms with E-state index < -0.39 is 9.84 Å². The van der Waals surface area contributed by atoms with Crippen molar-refractivity contribution in [3.05, 3.63) is 65.0 Å². The van der Waals surface area contributed by atoms with Gasteiger partial charge in [0.25, 0.3) is 0 Å². The van der Waals surface area contributed by atoms with E-state index >= 15 is 0 Å². The molecule has 0 spiro atoms. The summed E-state index contributed by atoms with van der Waals surface area (Å²) in [7, 11) is -3.23. The Balaban J connectivity index is 1.64. The molecular weight excluding hydrogens is 380 g/mol. The number of nitrogens with zero attached hydrogens (tertiary/aromatic N) is 2. The predicted octanol–water partition coefficient (Wildman–Crippen LogP) is 3.55. The molecule has 27 heavy (non-hydrogen) atoms. The molecule has 2 aromatic carbocycles. The van der Waals surface area contributed by atoms with Gasteiger partial charge in [-0.2, -0.15) is 4.99 Å². The van der Waals surface area contributed by atoms with Crippen molar-refractivity contribution in [3.63, 3.8) is 0 Å². The van der Waals surface area contributed by atoms with Gasteiger partial charge in [-0.1, -0.05) is 53.8 Å². The van der Waals surface area contributed by atoms with E-state index in [1.807, 2.05) is 54.0 Å². The summed E-state index contributed by atoms with van der Waals surface area (Å²) in [5.41, 5.74) is 1.82. The lowest BCUT2D eigenvalue weighted by Crippen LogP contribution is -2.16. The zero-order valence-electron chi connectivity index (χ0n) is 15.2. The fourth-order valence-corrected chi connectivity index (χ4v) is 5.46. The molecule has 0 N–H and O–H groups in total. The van der Waals surface area contributed by atoms with E-state index in [0.29, 0.717) is 4.80 Å². The Kier molecular flexibility index (Phi) is 6.23. The summed E-state index contributed by atoms with van der Waals surface area (Å²) in [5.74, 6) is -0.284. The van der Waals surface area contributed by atoms with Gasteiger partial charge in [-0.25, -0.2) is 8.42 Å². The van der Waals surface area contributed by atoms with Gasteiger partial charge in [0.1, 0.15) is 0 Å². The Morgan fingerprint density at radius 3 is 2.52 bits per heavy atom. The zero-order valence-corrected chi connectivity index (χ0v) is 16.8. The number of aromatic nitrogens is 1. The Hall–Kier alpha value is -2.25. The van der Waals surface area contributed by atoms with E-state index in [1.165, 1.54) is 11.3 Å². The molecule has 142 valence electrons. The number of amides is 1. The third kappa shape index (κ3) is 5.14. The summed E-state index contributed by atoms with van der Waals surface area (Å²) >= 11 is 1.47. The number of thiazole rings is 1. The van der Waals surface area contributed by atoms with E-state index in [1.54, 1.807) is 12.1 Å². The number of carbonyl (C=O) groups is 1. The summed E-state index contributed by atoms with van der Waals surface area (Å²) in [6.07, 6.45) is 0.417. The Morgan fingerprint density at radius 1 is 1.07 bits per heavy atom. The largest absolute Gasteiger partial charge is 0.317 e. The zero-order chi connectivity index (χ0) is 19.3. The molecule has 0 fully saturated rings. The van der Waals surface area contributed by atoms with Crippen LogP contribution in [0.5, 0.6) is 0 Å². The summed E-state index contributed by atoms with van der Waals surface area (Å²) < 4.78 is 27.5. The van der Waals surface area contributed by atoms with Crippen molar-refractivity contribution in [1.29, 1.82) is 0 Å². The molecule has 0 saturated carbocycles. The highest BCUT2D eigenvalue weighted by atomic mass is 32.2. The molecule has 7 heteroatoms. The second-order valence-electron chi connectivity index (χ2n) is 6.28. The topological polar surface area (TPSA) is 68.5 Å². The van der Waals surface area contributed by atoms with Crippen LogP contribution in [0.15, 0.2) is 59.6 Å². The lowest BCUT2D eigenvalue weighted by molar-refractivity contribution is -0.118. The number of fused-ring (bicyclic) bond motifs is 1. The molecule has 1 aromatic heterocycles. The van der Waals surface area contributed by atoms with Gasteiger partial charge in [0, 0.05) is 13.0 Å². The number of sulfone groups is 1. The highest BCUT2D eigenvalue weighted by Crippen LogP contribution is 2.16. The van der Waals surface area contributed by atoms with Crippen LogP contribution in [0.25, 0.3) is 10.2 Å². The van der Waals surface area contributed by atoms with Crippen molar-refractivity contribution in [2.24, 2.45) is 4.99 Å². The predicted molar refractivity (Wildman–Crippen MR) is 109 cm³/mol. The molecule has 3 rings (SSSR count). The average molecular weight is 403 g/mol. The number of hydrogen-bond donors (Lipinski definition) is 0. The highest BCUT2D eigenvalue weighted by molar-refractivity contribution is 7.90. The molecule has 0 saturated heterocycles. The smallest absolute Gasteiger partial charge is 0.248 e. The lowest BCUT2D eigenvalue weighted by atomic mass is 10.2. The fraction of sp³-hybridized carbons (Fsp3) is 0.300. The summed E-state index contributed by atoms with van der Waals surface area (Å²) in [5, 5.41) is 0. The van der Waals surface area contributed by atoms with Crippen molar-refractivity contribution in [1.82, 2.24) is 4.57 Å². The maximum absolute atomic E-state index is 12.2. The van der Waals surface area contributed by atoms with Crippen molar-refractivity contribution < 1.29 is 13.2 Å². The van der Waals surface area contributed by atoms with Gasteiger partial charge >= 0.3 is 0 Å². The van der Waals surface area contributed by atoms with Crippen LogP contribution in [0.1, 0.15) is 25.3 Å². The molecule has 3 aromatic rings. The molecule has 0 atom stereocenters. The van der Waals surface area contributed by atoms with Gasteiger partial charge in [0.15, 0.2) is 14.6 Å².